The topological polar surface area (TPSA) is 47.0 Å². The van der Waals surface area contributed by atoms with Crippen LogP contribution >= 0.6 is 11.6 Å². The van der Waals surface area contributed by atoms with Crippen LogP contribution in [0.25, 0.3) is 0 Å². The minimum absolute atomic E-state index is 0.176. The average Bonchev–Trinajstić information content (AvgIpc) is 2.52. The SMILES string of the molecule is CCCNC(C)c1cc(Cl)ccc1OCc1ncccn1. The van der Waals surface area contributed by atoms with Gasteiger partial charge in [0.15, 0.2) is 5.82 Å². The first-order chi connectivity index (χ1) is 10.2. The molecule has 112 valence electrons. The summed E-state index contributed by atoms with van der Waals surface area (Å²) in [7, 11) is 0. The molecule has 0 saturated heterocycles. The molecule has 1 unspecified atom stereocenters. The van der Waals surface area contributed by atoms with Crippen LogP contribution in [0.2, 0.25) is 5.02 Å². The van der Waals surface area contributed by atoms with Gasteiger partial charge in [0.2, 0.25) is 0 Å². The summed E-state index contributed by atoms with van der Waals surface area (Å²) in [5.74, 6) is 1.47. The fourth-order valence-corrected chi connectivity index (χ4v) is 2.19. The number of nitrogens with zero attached hydrogens (tertiary/aromatic N) is 2. The highest BCUT2D eigenvalue weighted by Crippen LogP contribution is 2.28. The van der Waals surface area contributed by atoms with Crippen molar-refractivity contribution in [2.45, 2.75) is 32.9 Å². The van der Waals surface area contributed by atoms with Crippen molar-refractivity contribution in [1.29, 1.82) is 0 Å². The molecule has 0 aliphatic carbocycles. The summed E-state index contributed by atoms with van der Waals surface area (Å²) in [6.07, 6.45) is 4.50. The third kappa shape index (κ3) is 4.69. The maximum absolute atomic E-state index is 6.10. The van der Waals surface area contributed by atoms with Crippen molar-refractivity contribution < 1.29 is 4.74 Å². The van der Waals surface area contributed by atoms with Crippen LogP contribution < -0.4 is 10.1 Å². The number of hydrogen-bond donors (Lipinski definition) is 1. The van der Waals surface area contributed by atoms with Crippen molar-refractivity contribution in [1.82, 2.24) is 15.3 Å². The molecule has 0 amide bonds. The molecule has 1 atom stereocenters. The van der Waals surface area contributed by atoms with Crippen LogP contribution in [0.3, 0.4) is 0 Å². The van der Waals surface area contributed by atoms with Gasteiger partial charge >= 0.3 is 0 Å². The minimum Gasteiger partial charge on any atom is -0.485 e. The lowest BCUT2D eigenvalue weighted by atomic mass is 10.1. The van der Waals surface area contributed by atoms with Crippen LogP contribution in [0.5, 0.6) is 5.75 Å². The van der Waals surface area contributed by atoms with Gasteiger partial charge in [-0.3, -0.25) is 0 Å². The Kier molecular flexibility index (Phi) is 5.96. The van der Waals surface area contributed by atoms with E-state index in [2.05, 4.69) is 29.1 Å². The van der Waals surface area contributed by atoms with Gasteiger partial charge in [-0.25, -0.2) is 9.97 Å². The Morgan fingerprint density at radius 1 is 1.29 bits per heavy atom. The van der Waals surface area contributed by atoms with Gasteiger partial charge in [0.1, 0.15) is 12.4 Å². The van der Waals surface area contributed by atoms with Crippen molar-refractivity contribution in [2.24, 2.45) is 0 Å². The summed E-state index contributed by atoms with van der Waals surface area (Å²) in [6.45, 7) is 5.54. The molecule has 0 saturated carbocycles. The zero-order valence-corrected chi connectivity index (χ0v) is 13.1. The quantitative estimate of drug-likeness (QED) is 0.846. The summed E-state index contributed by atoms with van der Waals surface area (Å²) in [6, 6.07) is 7.63. The Labute approximate surface area is 130 Å². The summed E-state index contributed by atoms with van der Waals surface area (Å²) in [4.78, 5) is 8.32. The van der Waals surface area contributed by atoms with E-state index in [1.165, 1.54) is 0 Å². The minimum atomic E-state index is 0.176. The zero-order valence-electron chi connectivity index (χ0n) is 12.3. The largest absolute Gasteiger partial charge is 0.485 e. The molecule has 2 rings (SSSR count). The van der Waals surface area contributed by atoms with E-state index < -0.39 is 0 Å². The third-order valence-corrected chi connectivity index (χ3v) is 3.35. The molecule has 4 nitrogen and oxygen atoms in total. The maximum atomic E-state index is 6.10. The normalized spacial score (nSPS) is 12.1. The van der Waals surface area contributed by atoms with Crippen LogP contribution in [-0.4, -0.2) is 16.5 Å². The van der Waals surface area contributed by atoms with E-state index in [9.17, 15) is 0 Å². The van der Waals surface area contributed by atoms with Gasteiger partial charge in [-0.1, -0.05) is 18.5 Å². The average molecular weight is 306 g/mol. The molecule has 0 bridgehead atoms. The van der Waals surface area contributed by atoms with Crippen LogP contribution in [0.1, 0.15) is 37.7 Å². The molecule has 0 spiro atoms. The van der Waals surface area contributed by atoms with E-state index in [4.69, 9.17) is 16.3 Å². The lowest BCUT2D eigenvalue weighted by Gasteiger charge is -2.18. The molecule has 1 N–H and O–H groups in total. The fourth-order valence-electron chi connectivity index (χ4n) is 2.01. The predicted molar refractivity (Wildman–Crippen MR) is 84.5 cm³/mol. The molecule has 1 aromatic heterocycles. The van der Waals surface area contributed by atoms with Crippen LogP contribution in [0.15, 0.2) is 36.7 Å². The highest BCUT2D eigenvalue weighted by molar-refractivity contribution is 6.30. The highest BCUT2D eigenvalue weighted by atomic mass is 35.5. The van der Waals surface area contributed by atoms with Crippen LogP contribution in [0.4, 0.5) is 0 Å². The lowest BCUT2D eigenvalue weighted by Crippen LogP contribution is -2.20. The molecule has 0 fully saturated rings. The van der Waals surface area contributed by atoms with Gasteiger partial charge < -0.3 is 10.1 Å². The fraction of sp³-hybridized carbons (Fsp3) is 0.375. The molecule has 5 heteroatoms. The summed E-state index contributed by atoms with van der Waals surface area (Å²) >= 11 is 6.10. The van der Waals surface area contributed by atoms with E-state index in [0.29, 0.717) is 17.5 Å². The van der Waals surface area contributed by atoms with E-state index in [-0.39, 0.29) is 6.04 Å². The van der Waals surface area contributed by atoms with Crippen molar-refractivity contribution in [3.8, 4) is 5.75 Å². The van der Waals surface area contributed by atoms with Gasteiger partial charge in [0, 0.05) is 29.0 Å². The predicted octanol–water partition coefficient (Wildman–Crippen LogP) is 3.77. The molecule has 0 aliphatic rings. The van der Waals surface area contributed by atoms with E-state index >= 15 is 0 Å². The van der Waals surface area contributed by atoms with E-state index in [1.807, 2.05) is 18.2 Å². The summed E-state index contributed by atoms with van der Waals surface area (Å²) in [5, 5.41) is 4.15. The number of nitrogens with one attached hydrogen (secondary N) is 1. The van der Waals surface area contributed by atoms with Gasteiger partial charge in [-0.2, -0.15) is 0 Å². The number of rotatable bonds is 7. The molecule has 1 heterocycles. The Hall–Kier alpha value is -1.65. The Balaban J connectivity index is 2.11. The molecule has 21 heavy (non-hydrogen) atoms. The first-order valence-corrected chi connectivity index (χ1v) is 7.50. The van der Waals surface area contributed by atoms with Crippen molar-refractivity contribution in [2.75, 3.05) is 6.54 Å². The number of halogens is 1. The Morgan fingerprint density at radius 2 is 2.05 bits per heavy atom. The van der Waals surface area contributed by atoms with Gasteiger partial charge in [0.05, 0.1) is 0 Å². The smallest absolute Gasteiger partial charge is 0.166 e. The molecule has 2 aromatic rings. The highest BCUT2D eigenvalue weighted by Gasteiger charge is 2.12. The number of benzene rings is 1. The van der Waals surface area contributed by atoms with Crippen LogP contribution in [0, 0.1) is 0 Å². The second kappa shape index (κ2) is 7.96. The van der Waals surface area contributed by atoms with Crippen molar-refractivity contribution >= 4 is 11.6 Å². The molecule has 0 aliphatic heterocycles. The van der Waals surface area contributed by atoms with Crippen molar-refractivity contribution in [3.05, 3.63) is 53.1 Å². The first-order valence-electron chi connectivity index (χ1n) is 7.12. The standard InChI is InChI=1S/C16H20ClN3O/c1-3-7-18-12(2)14-10-13(17)5-6-15(14)21-11-16-19-8-4-9-20-16/h4-6,8-10,12,18H,3,7,11H2,1-2H3. The maximum Gasteiger partial charge on any atom is 0.166 e. The number of aromatic nitrogens is 2. The van der Waals surface area contributed by atoms with Gasteiger partial charge in [0.25, 0.3) is 0 Å². The van der Waals surface area contributed by atoms with E-state index in [1.54, 1.807) is 18.5 Å². The number of hydrogen-bond acceptors (Lipinski definition) is 4. The summed E-state index contributed by atoms with van der Waals surface area (Å²) < 4.78 is 5.86. The Morgan fingerprint density at radius 3 is 2.76 bits per heavy atom. The molecule has 1 aromatic carbocycles. The Bertz CT molecular complexity index is 563. The van der Waals surface area contributed by atoms with Crippen molar-refractivity contribution in [3.63, 3.8) is 0 Å². The third-order valence-electron chi connectivity index (χ3n) is 3.11. The number of ether oxygens (including phenoxy) is 1. The van der Waals surface area contributed by atoms with Gasteiger partial charge in [-0.05, 0) is 44.2 Å². The van der Waals surface area contributed by atoms with Gasteiger partial charge in [-0.15, -0.1) is 0 Å². The zero-order chi connectivity index (χ0) is 15.1. The molecular formula is C16H20ClN3O. The monoisotopic (exact) mass is 305 g/mol. The van der Waals surface area contributed by atoms with E-state index in [0.717, 1.165) is 24.3 Å². The van der Waals surface area contributed by atoms with Crippen LogP contribution in [-0.2, 0) is 6.61 Å². The first kappa shape index (κ1) is 15.7. The molecule has 0 radical (unpaired) electrons. The second-order valence-electron chi connectivity index (χ2n) is 4.81. The summed E-state index contributed by atoms with van der Waals surface area (Å²) in [5.41, 5.74) is 1.05. The second-order valence-corrected chi connectivity index (χ2v) is 5.25. The molecular weight excluding hydrogens is 286 g/mol. The lowest BCUT2D eigenvalue weighted by molar-refractivity contribution is 0.290.